The smallest absolute Gasteiger partial charge is 0.244 e. The summed E-state index contributed by atoms with van der Waals surface area (Å²) in [6.07, 6.45) is 1.91. The van der Waals surface area contributed by atoms with Crippen LogP contribution in [0.3, 0.4) is 0 Å². The summed E-state index contributed by atoms with van der Waals surface area (Å²) < 4.78 is -0.616. The summed E-state index contributed by atoms with van der Waals surface area (Å²) in [4.78, 5) is 41.6. The molecule has 7 nitrogen and oxygen atoms in total. The number of alkyl halides is 1. The third-order valence-corrected chi connectivity index (χ3v) is 9.16. The molecule has 3 unspecified atom stereocenters. The Kier molecular flexibility index (Phi) is 6.61. The summed E-state index contributed by atoms with van der Waals surface area (Å²) >= 11 is 5.37. The van der Waals surface area contributed by atoms with Gasteiger partial charge in [0, 0.05) is 35.3 Å². The van der Waals surface area contributed by atoms with Gasteiger partial charge in [0.05, 0.1) is 16.6 Å². The molecule has 3 aliphatic heterocycles. The first-order chi connectivity index (χ1) is 13.6. The van der Waals surface area contributed by atoms with Gasteiger partial charge in [-0.1, -0.05) is 22.9 Å². The van der Waals surface area contributed by atoms with Crippen molar-refractivity contribution in [2.45, 2.75) is 73.4 Å². The zero-order valence-electron chi connectivity index (χ0n) is 17.5. The van der Waals surface area contributed by atoms with E-state index in [4.69, 9.17) is 0 Å². The Morgan fingerprint density at radius 3 is 2.62 bits per heavy atom. The molecule has 1 spiro atoms. The van der Waals surface area contributed by atoms with Crippen molar-refractivity contribution in [2.24, 2.45) is 11.8 Å². The summed E-state index contributed by atoms with van der Waals surface area (Å²) in [5.41, 5.74) is -0.426. The monoisotopic (exact) mass is 489 g/mol. The SMILES string of the molecule is CCCNC(=O)[C@H]1[C@H]2C(=O)N(CCCO)C(C(=O)NC(C)(C)C)C23CC(Br)[C@@H]1S3. The first kappa shape index (κ1) is 22.9. The van der Waals surface area contributed by atoms with Crippen molar-refractivity contribution in [3.05, 3.63) is 0 Å². The Morgan fingerprint density at radius 2 is 2.03 bits per heavy atom. The summed E-state index contributed by atoms with van der Waals surface area (Å²) in [6.45, 7) is 8.60. The van der Waals surface area contributed by atoms with Gasteiger partial charge in [-0.05, 0) is 40.0 Å². The van der Waals surface area contributed by atoms with Gasteiger partial charge in [-0.15, -0.1) is 11.8 Å². The third-order valence-electron chi connectivity index (χ3n) is 5.94. The summed E-state index contributed by atoms with van der Waals surface area (Å²) in [5, 5.41) is 15.3. The quantitative estimate of drug-likeness (QED) is 0.467. The number of carbonyl (C=O) groups is 3. The van der Waals surface area contributed by atoms with Crippen LogP contribution in [-0.4, -0.2) is 73.8 Å². The van der Waals surface area contributed by atoms with E-state index in [1.807, 2.05) is 27.7 Å². The highest BCUT2D eigenvalue weighted by Gasteiger charge is 2.75. The second-order valence-corrected chi connectivity index (χ2v) is 12.0. The van der Waals surface area contributed by atoms with Crippen LogP contribution in [0.4, 0.5) is 0 Å². The second-order valence-electron chi connectivity index (χ2n) is 9.30. The number of aliphatic hydroxyl groups excluding tert-OH is 1. The van der Waals surface area contributed by atoms with Gasteiger partial charge in [-0.25, -0.2) is 0 Å². The van der Waals surface area contributed by atoms with Gasteiger partial charge in [0.15, 0.2) is 0 Å². The van der Waals surface area contributed by atoms with Crippen LogP contribution < -0.4 is 10.6 Å². The van der Waals surface area contributed by atoms with E-state index in [1.165, 1.54) is 0 Å². The van der Waals surface area contributed by atoms with Gasteiger partial charge >= 0.3 is 0 Å². The van der Waals surface area contributed by atoms with Crippen molar-refractivity contribution < 1.29 is 19.5 Å². The van der Waals surface area contributed by atoms with E-state index in [0.717, 1.165) is 6.42 Å². The summed E-state index contributed by atoms with van der Waals surface area (Å²) in [7, 11) is 0. The third kappa shape index (κ3) is 3.94. The molecule has 3 rings (SSSR count). The maximum absolute atomic E-state index is 13.5. The molecular formula is C20H32BrN3O4S. The molecular weight excluding hydrogens is 458 g/mol. The van der Waals surface area contributed by atoms with E-state index < -0.39 is 28.2 Å². The second kappa shape index (κ2) is 8.38. The average Bonchev–Trinajstić information content (AvgIpc) is 3.20. The number of nitrogens with zero attached hydrogens (tertiary/aromatic N) is 1. The highest BCUT2D eigenvalue weighted by molar-refractivity contribution is 9.09. The average molecular weight is 490 g/mol. The van der Waals surface area contributed by atoms with Crippen LogP contribution in [-0.2, 0) is 14.4 Å². The van der Waals surface area contributed by atoms with Gasteiger partial charge in [0.2, 0.25) is 17.7 Å². The lowest BCUT2D eigenvalue weighted by atomic mass is 9.70. The number of hydrogen-bond acceptors (Lipinski definition) is 5. The highest BCUT2D eigenvalue weighted by Crippen LogP contribution is 2.67. The number of likely N-dealkylation sites (tertiary alicyclic amines) is 1. The molecule has 3 fully saturated rings. The van der Waals surface area contributed by atoms with Gasteiger partial charge < -0.3 is 20.6 Å². The maximum atomic E-state index is 13.5. The molecule has 0 aromatic carbocycles. The lowest BCUT2D eigenvalue weighted by molar-refractivity contribution is -0.140. The van der Waals surface area contributed by atoms with Crippen molar-refractivity contribution in [3.63, 3.8) is 0 Å². The molecule has 164 valence electrons. The topological polar surface area (TPSA) is 98.7 Å². The first-order valence-corrected chi connectivity index (χ1v) is 12.2. The van der Waals surface area contributed by atoms with Gasteiger partial charge in [0.1, 0.15) is 6.04 Å². The Balaban J connectivity index is 1.99. The van der Waals surface area contributed by atoms with Gasteiger partial charge in [0.25, 0.3) is 0 Å². The fraction of sp³-hybridized carbons (Fsp3) is 0.850. The Hall–Kier alpha value is -0.800. The number of nitrogens with one attached hydrogen (secondary N) is 2. The first-order valence-electron chi connectivity index (χ1n) is 10.4. The zero-order valence-corrected chi connectivity index (χ0v) is 19.9. The van der Waals surface area contributed by atoms with E-state index >= 15 is 0 Å². The number of aliphatic hydroxyl groups is 1. The fourth-order valence-corrected chi connectivity index (χ4v) is 8.63. The van der Waals surface area contributed by atoms with Gasteiger partial charge in [-0.2, -0.15) is 0 Å². The minimum absolute atomic E-state index is 0.0225. The number of fused-ring (bicyclic) bond motifs is 1. The lowest BCUT2D eigenvalue weighted by Crippen LogP contribution is -2.57. The van der Waals surface area contributed by atoms with E-state index in [1.54, 1.807) is 16.7 Å². The molecule has 0 saturated carbocycles. The van der Waals surface area contributed by atoms with Crippen LogP contribution in [0.25, 0.3) is 0 Å². The molecule has 0 aliphatic carbocycles. The van der Waals surface area contributed by atoms with E-state index in [0.29, 0.717) is 25.9 Å². The van der Waals surface area contributed by atoms with Crippen LogP contribution in [0.15, 0.2) is 0 Å². The molecule has 0 aromatic heterocycles. The maximum Gasteiger partial charge on any atom is 0.244 e. The molecule has 6 atom stereocenters. The Bertz CT molecular complexity index is 685. The molecule has 3 amide bonds. The summed E-state index contributed by atoms with van der Waals surface area (Å²) in [6, 6.07) is -0.634. The lowest BCUT2D eigenvalue weighted by Gasteiger charge is -2.36. The van der Waals surface area contributed by atoms with E-state index in [-0.39, 0.29) is 34.4 Å². The number of rotatable bonds is 7. The molecule has 3 saturated heterocycles. The molecule has 9 heteroatoms. The standard InChI is InChI=1S/C20H32BrN3O4S/c1-5-7-22-16(26)12-13-18(28)24(8-6-9-25)15(17(27)23-19(2,3)4)20(13)10-11(21)14(12)29-20/h11-15,25H,5-10H2,1-4H3,(H,22,26)(H,23,27)/t11?,12-,13-,14-,15?,20?/m0/s1. The Labute approximate surface area is 185 Å². The van der Waals surface area contributed by atoms with Crippen molar-refractivity contribution >= 4 is 45.4 Å². The normalized spacial score (nSPS) is 35.7. The van der Waals surface area contributed by atoms with Crippen LogP contribution in [0, 0.1) is 11.8 Å². The molecule has 0 aromatic rings. The number of hydrogen-bond donors (Lipinski definition) is 3. The molecule has 2 bridgehead atoms. The number of halogens is 1. The molecule has 3 heterocycles. The minimum Gasteiger partial charge on any atom is -0.396 e. The number of thioether (sulfide) groups is 1. The molecule has 3 N–H and O–H groups in total. The van der Waals surface area contributed by atoms with Crippen LogP contribution in [0.2, 0.25) is 0 Å². The largest absolute Gasteiger partial charge is 0.396 e. The van der Waals surface area contributed by atoms with Crippen LogP contribution in [0.5, 0.6) is 0 Å². The van der Waals surface area contributed by atoms with Crippen molar-refractivity contribution in [3.8, 4) is 0 Å². The number of carbonyl (C=O) groups excluding carboxylic acids is 3. The van der Waals surface area contributed by atoms with Gasteiger partial charge in [-0.3, -0.25) is 14.4 Å². The number of amides is 3. The van der Waals surface area contributed by atoms with Crippen molar-refractivity contribution in [1.82, 2.24) is 15.5 Å². The summed E-state index contributed by atoms with van der Waals surface area (Å²) in [5.74, 6) is -1.33. The van der Waals surface area contributed by atoms with E-state index in [2.05, 4.69) is 26.6 Å². The van der Waals surface area contributed by atoms with E-state index in [9.17, 15) is 19.5 Å². The predicted molar refractivity (Wildman–Crippen MR) is 117 cm³/mol. The minimum atomic E-state index is -0.634. The molecule has 0 radical (unpaired) electrons. The zero-order chi connectivity index (χ0) is 21.6. The van der Waals surface area contributed by atoms with Crippen LogP contribution >= 0.6 is 27.7 Å². The van der Waals surface area contributed by atoms with Crippen LogP contribution in [0.1, 0.15) is 47.0 Å². The van der Waals surface area contributed by atoms with Crippen molar-refractivity contribution in [1.29, 1.82) is 0 Å². The Morgan fingerprint density at radius 1 is 1.34 bits per heavy atom. The highest BCUT2D eigenvalue weighted by atomic mass is 79.9. The predicted octanol–water partition coefficient (Wildman–Crippen LogP) is 1.27. The molecule has 29 heavy (non-hydrogen) atoms. The van der Waals surface area contributed by atoms with Crippen molar-refractivity contribution in [2.75, 3.05) is 19.7 Å². The fourth-order valence-electron chi connectivity index (χ4n) is 5.02. The molecule has 3 aliphatic rings.